The lowest BCUT2D eigenvalue weighted by molar-refractivity contribution is 0.0383. The monoisotopic (exact) mass is 367 g/mol. The standard InChI is InChI=1S/C20H25N5O2/c26-20(21-8-9-25-10-12-27-13-11-25)17-14-18(22-16-6-7-16)24-19(23-17)15-4-2-1-3-5-15/h1-5,14,16H,6-13H2,(H,21,26)(H,22,23,24). The van der Waals surface area contributed by atoms with Crippen molar-refractivity contribution in [2.45, 2.75) is 18.9 Å². The molecule has 2 fully saturated rings. The third kappa shape index (κ3) is 5.02. The van der Waals surface area contributed by atoms with Crippen molar-refractivity contribution in [3.05, 3.63) is 42.1 Å². The van der Waals surface area contributed by atoms with E-state index in [0.717, 1.165) is 51.3 Å². The zero-order chi connectivity index (χ0) is 18.5. The Kier molecular flexibility index (Phi) is 5.60. The molecule has 2 heterocycles. The largest absolute Gasteiger partial charge is 0.379 e. The van der Waals surface area contributed by atoms with Crippen LogP contribution in [0.4, 0.5) is 5.82 Å². The van der Waals surface area contributed by atoms with Crippen molar-refractivity contribution in [3.63, 3.8) is 0 Å². The summed E-state index contributed by atoms with van der Waals surface area (Å²) >= 11 is 0. The quantitative estimate of drug-likeness (QED) is 0.777. The number of carbonyl (C=O) groups is 1. The summed E-state index contributed by atoms with van der Waals surface area (Å²) in [5, 5.41) is 6.36. The summed E-state index contributed by atoms with van der Waals surface area (Å²) in [4.78, 5) is 24.0. The van der Waals surface area contributed by atoms with Crippen LogP contribution in [0.25, 0.3) is 11.4 Å². The molecule has 1 aromatic carbocycles. The van der Waals surface area contributed by atoms with E-state index in [4.69, 9.17) is 4.74 Å². The highest BCUT2D eigenvalue weighted by Gasteiger charge is 2.23. The van der Waals surface area contributed by atoms with Crippen LogP contribution >= 0.6 is 0 Å². The molecule has 1 amide bonds. The minimum Gasteiger partial charge on any atom is -0.379 e. The zero-order valence-electron chi connectivity index (χ0n) is 15.4. The number of nitrogens with one attached hydrogen (secondary N) is 2. The van der Waals surface area contributed by atoms with Gasteiger partial charge in [-0.05, 0) is 12.8 Å². The Balaban J connectivity index is 1.45. The highest BCUT2D eigenvalue weighted by Crippen LogP contribution is 2.25. The maximum Gasteiger partial charge on any atom is 0.270 e. The van der Waals surface area contributed by atoms with Gasteiger partial charge in [-0.2, -0.15) is 0 Å². The number of benzene rings is 1. The van der Waals surface area contributed by atoms with Gasteiger partial charge in [-0.15, -0.1) is 0 Å². The molecule has 4 rings (SSSR count). The van der Waals surface area contributed by atoms with E-state index in [0.29, 0.717) is 29.9 Å². The van der Waals surface area contributed by atoms with Gasteiger partial charge in [0.15, 0.2) is 5.82 Å². The smallest absolute Gasteiger partial charge is 0.270 e. The van der Waals surface area contributed by atoms with Crippen molar-refractivity contribution in [1.82, 2.24) is 20.2 Å². The number of hydrogen-bond acceptors (Lipinski definition) is 6. The van der Waals surface area contributed by atoms with Gasteiger partial charge in [-0.3, -0.25) is 9.69 Å². The lowest BCUT2D eigenvalue weighted by Gasteiger charge is -2.26. The lowest BCUT2D eigenvalue weighted by Crippen LogP contribution is -2.41. The Bertz CT molecular complexity index is 773. The Morgan fingerprint density at radius 3 is 2.67 bits per heavy atom. The van der Waals surface area contributed by atoms with Crippen LogP contribution in [-0.4, -0.2) is 66.2 Å². The highest BCUT2D eigenvalue weighted by molar-refractivity contribution is 5.93. The van der Waals surface area contributed by atoms with E-state index >= 15 is 0 Å². The van der Waals surface area contributed by atoms with Gasteiger partial charge >= 0.3 is 0 Å². The van der Waals surface area contributed by atoms with Crippen molar-refractivity contribution < 1.29 is 9.53 Å². The first-order valence-corrected chi connectivity index (χ1v) is 9.57. The van der Waals surface area contributed by atoms with Crippen LogP contribution in [0.1, 0.15) is 23.3 Å². The second kappa shape index (κ2) is 8.45. The molecule has 2 aliphatic rings. The van der Waals surface area contributed by atoms with E-state index in [1.54, 1.807) is 6.07 Å². The molecule has 27 heavy (non-hydrogen) atoms. The maximum atomic E-state index is 12.7. The maximum absolute atomic E-state index is 12.7. The van der Waals surface area contributed by atoms with Crippen LogP contribution in [0, 0.1) is 0 Å². The number of anilines is 1. The first-order chi connectivity index (χ1) is 13.3. The van der Waals surface area contributed by atoms with Gasteiger partial charge in [0.1, 0.15) is 11.5 Å². The van der Waals surface area contributed by atoms with E-state index in [1.807, 2.05) is 30.3 Å². The van der Waals surface area contributed by atoms with Crippen molar-refractivity contribution in [1.29, 1.82) is 0 Å². The van der Waals surface area contributed by atoms with Crippen LogP contribution in [0.2, 0.25) is 0 Å². The van der Waals surface area contributed by atoms with E-state index < -0.39 is 0 Å². The van der Waals surface area contributed by atoms with Crippen LogP contribution in [-0.2, 0) is 4.74 Å². The second-order valence-electron chi connectivity index (χ2n) is 6.96. The number of amides is 1. The van der Waals surface area contributed by atoms with Crippen molar-refractivity contribution in [2.75, 3.05) is 44.7 Å². The van der Waals surface area contributed by atoms with Crippen LogP contribution in [0.5, 0.6) is 0 Å². The molecule has 2 N–H and O–H groups in total. The fourth-order valence-electron chi connectivity index (χ4n) is 3.03. The molecular weight excluding hydrogens is 342 g/mol. The molecule has 0 unspecified atom stereocenters. The Hall–Kier alpha value is -2.51. The van der Waals surface area contributed by atoms with Crippen LogP contribution in [0.15, 0.2) is 36.4 Å². The van der Waals surface area contributed by atoms with Crippen LogP contribution in [0.3, 0.4) is 0 Å². The molecule has 0 radical (unpaired) electrons. The number of hydrogen-bond donors (Lipinski definition) is 2. The van der Waals surface area contributed by atoms with E-state index in [-0.39, 0.29) is 5.91 Å². The summed E-state index contributed by atoms with van der Waals surface area (Å²) in [6.07, 6.45) is 2.29. The number of carbonyl (C=O) groups excluding carboxylic acids is 1. The van der Waals surface area contributed by atoms with Gasteiger partial charge in [0.25, 0.3) is 5.91 Å². The molecule has 0 bridgehead atoms. The van der Waals surface area contributed by atoms with Gasteiger partial charge in [0, 0.05) is 43.9 Å². The molecule has 0 spiro atoms. The van der Waals surface area contributed by atoms with Gasteiger partial charge in [0.2, 0.25) is 0 Å². The molecule has 7 nitrogen and oxygen atoms in total. The van der Waals surface area contributed by atoms with E-state index in [2.05, 4.69) is 25.5 Å². The first-order valence-electron chi connectivity index (χ1n) is 9.57. The predicted molar refractivity (Wildman–Crippen MR) is 104 cm³/mol. The highest BCUT2D eigenvalue weighted by atomic mass is 16.5. The zero-order valence-corrected chi connectivity index (χ0v) is 15.4. The van der Waals surface area contributed by atoms with Crippen molar-refractivity contribution in [2.24, 2.45) is 0 Å². The van der Waals surface area contributed by atoms with Gasteiger partial charge in [-0.1, -0.05) is 30.3 Å². The molecule has 0 atom stereocenters. The Morgan fingerprint density at radius 2 is 1.93 bits per heavy atom. The van der Waals surface area contributed by atoms with Crippen LogP contribution < -0.4 is 10.6 Å². The molecule has 142 valence electrons. The second-order valence-corrected chi connectivity index (χ2v) is 6.96. The first kappa shape index (κ1) is 17.9. The molecule has 1 aromatic heterocycles. The van der Waals surface area contributed by atoms with Crippen molar-refractivity contribution >= 4 is 11.7 Å². The number of morpholine rings is 1. The number of rotatable bonds is 7. The summed E-state index contributed by atoms with van der Waals surface area (Å²) in [5.41, 5.74) is 1.30. The third-order valence-corrected chi connectivity index (χ3v) is 4.74. The summed E-state index contributed by atoms with van der Waals surface area (Å²) in [7, 11) is 0. The average Bonchev–Trinajstić information content (AvgIpc) is 3.53. The molecule has 7 heteroatoms. The lowest BCUT2D eigenvalue weighted by atomic mass is 10.2. The van der Waals surface area contributed by atoms with Gasteiger partial charge in [-0.25, -0.2) is 9.97 Å². The van der Waals surface area contributed by atoms with E-state index in [1.165, 1.54) is 0 Å². The molecule has 2 aromatic rings. The number of nitrogens with zero attached hydrogens (tertiary/aromatic N) is 3. The van der Waals surface area contributed by atoms with Gasteiger partial charge in [0.05, 0.1) is 13.2 Å². The SMILES string of the molecule is O=C(NCCN1CCOCC1)c1cc(NC2CC2)nc(-c2ccccc2)n1. The minimum absolute atomic E-state index is 0.165. The third-order valence-electron chi connectivity index (χ3n) is 4.74. The molecule has 1 saturated carbocycles. The van der Waals surface area contributed by atoms with E-state index in [9.17, 15) is 4.79 Å². The average molecular weight is 367 g/mol. The Morgan fingerprint density at radius 1 is 1.15 bits per heavy atom. The fraction of sp³-hybridized carbons (Fsp3) is 0.450. The summed E-state index contributed by atoms with van der Waals surface area (Å²) < 4.78 is 5.35. The minimum atomic E-state index is -0.165. The molecule has 1 saturated heterocycles. The van der Waals surface area contributed by atoms with Gasteiger partial charge < -0.3 is 15.4 Å². The number of aromatic nitrogens is 2. The predicted octanol–water partition coefficient (Wildman–Crippen LogP) is 1.78. The number of ether oxygens (including phenoxy) is 1. The molecule has 1 aliphatic heterocycles. The Labute approximate surface area is 159 Å². The fourth-order valence-corrected chi connectivity index (χ4v) is 3.03. The summed E-state index contributed by atoms with van der Waals surface area (Å²) in [6.45, 7) is 4.76. The summed E-state index contributed by atoms with van der Waals surface area (Å²) in [5.74, 6) is 1.12. The van der Waals surface area contributed by atoms with Crippen molar-refractivity contribution in [3.8, 4) is 11.4 Å². The summed E-state index contributed by atoms with van der Waals surface area (Å²) in [6, 6.07) is 12.0. The topological polar surface area (TPSA) is 79.4 Å². The normalized spacial score (nSPS) is 17.5. The molecular formula is C20H25N5O2. The molecule has 1 aliphatic carbocycles.